The Kier molecular flexibility index (Phi) is 6.57. The fourth-order valence-electron chi connectivity index (χ4n) is 2.93. The number of halogens is 3. The van der Waals surface area contributed by atoms with Gasteiger partial charge in [-0.2, -0.15) is 17.5 Å². The maximum atomic E-state index is 13.2. The molecule has 0 spiro atoms. The van der Waals surface area contributed by atoms with Crippen LogP contribution in [0.15, 0.2) is 29.2 Å². The van der Waals surface area contributed by atoms with Gasteiger partial charge in [-0.05, 0) is 37.8 Å². The van der Waals surface area contributed by atoms with Gasteiger partial charge in [-0.3, -0.25) is 4.79 Å². The standard InChI is InChI=1S/C18H25F3N2O3S/c1-12(2)13(3)22-17(24)14-8-10-23(11-9-14)27(25,26)16-7-5-4-6-15(16)18(19,20)21/h4-7,12-14H,8-11H2,1-3H3,(H,22,24). The summed E-state index contributed by atoms with van der Waals surface area (Å²) in [7, 11) is -4.28. The van der Waals surface area contributed by atoms with Gasteiger partial charge in [0.15, 0.2) is 0 Å². The van der Waals surface area contributed by atoms with Gasteiger partial charge in [0.1, 0.15) is 0 Å². The van der Waals surface area contributed by atoms with Crippen molar-refractivity contribution in [1.82, 2.24) is 9.62 Å². The second-order valence-electron chi connectivity index (χ2n) is 7.21. The summed E-state index contributed by atoms with van der Waals surface area (Å²) in [5, 5.41) is 2.91. The number of hydrogen-bond acceptors (Lipinski definition) is 3. The summed E-state index contributed by atoms with van der Waals surface area (Å²) in [6.45, 7) is 5.90. The van der Waals surface area contributed by atoms with Crippen LogP contribution in [0.1, 0.15) is 39.2 Å². The van der Waals surface area contributed by atoms with Crippen LogP contribution in [0, 0.1) is 11.8 Å². The van der Waals surface area contributed by atoms with Gasteiger partial charge in [0.25, 0.3) is 0 Å². The Balaban J connectivity index is 2.11. The molecular weight excluding hydrogens is 381 g/mol. The van der Waals surface area contributed by atoms with Gasteiger partial charge in [-0.1, -0.05) is 26.0 Å². The van der Waals surface area contributed by atoms with E-state index in [1.54, 1.807) is 0 Å². The highest BCUT2D eigenvalue weighted by atomic mass is 32.2. The molecule has 1 heterocycles. The molecule has 1 N–H and O–H groups in total. The molecular formula is C18H25F3N2O3S. The Bertz CT molecular complexity index is 770. The number of carbonyl (C=O) groups is 1. The maximum absolute atomic E-state index is 13.2. The van der Waals surface area contributed by atoms with E-state index in [0.29, 0.717) is 0 Å². The molecule has 0 radical (unpaired) electrons. The van der Waals surface area contributed by atoms with Crippen molar-refractivity contribution in [2.24, 2.45) is 11.8 Å². The molecule has 152 valence electrons. The van der Waals surface area contributed by atoms with E-state index < -0.39 is 26.7 Å². The monoisotopic (exact) mass is 406 g/mol. The molecule has 1 aromatic carbocycles. The molecule has 9 heteroatoms. The summed E-state index contributed by atoms with van der Waals surface area (Å²) >= 11 is 0. The van der Waals surface area contributed by atoms with E-state index in [0.717, 1.165) is 22.5 Å². The summed E-state index contributed by atoms with van der Waals surface area (Å²) in [5.74, 6) is -0.201. The lowest BCUT2D eigenvalue weighted by Gasteiger charge is -2.32. The third-order valence-corrected chi connectivity index (χ3v) is 6.96. The zero-order chi connectivity index (χ0) is 20.4. The molecule has 0 aromatic heterocycles. The van der Waals surface area contributed by atoms with Crippen LogP contribution in [0.4, 0.5) is 13.2 Å². The maximum Gasteiger partial charge on any atom is 0.417 e. The lowest BCUT2D eigenvalue weighted by molar-refractivity contribution is -0.139. The first-order valence-electron chi connectivity index (χ1n) is 8.91. The van der Waals surface area contributed by atoms with Crippen LogP contribution in [-0.2, 0) is 21.0 Å². The lowest BCUT2D eigenvalue weighted by Crippen LogP contribution is -2.45. The van der Waals surface area contributed by atoms with Crippen LogP contribution in [0.3, 0.4) is 0 Å². The summed E-state index contributed by atoms with van der Waals surface area (Å²) in [6, 6.07) is 4.17. The molecule has 1 saturated heterocycles. The quantitative estimate of drug-likeness (QED) is 0.816. The van der Waals surface area contributed by atoms with E-state index in [4.69, 9.17) is 0 Å². The number of amides is 1. The summed E-state index contributed by atoms with van der Waals surface area (Å²) in [5.41, 5.74) is -1.17. The van der Waals surface area contributed by atoms with Gasteiger partial charge < -0.3 is 5.32 Å². The molecule has 0 saturated carbocycles. The molecule has 1 aliphatic rings. The highest BCUT2D eigenvalue weighted by Gasteiger charge is 2.40. The first-order valence-corrected chi connectivity index (χ1v) is 10.4. The van der Waals surface area contributed by atoms with Crippen LogP contribution in [-0.4, -0.2) is 37.8 Å². The second-order valence-corrected chi connectivity index (χ2v) is 9.12. The van der Waals surface area contributed by atoms with E-state index >= 15 is 0 Å². The molecule has 1 aliphatic heterocycles. The number of nitrogens with zero attached hydrogens (tertiary/aromatic N) is 1. The molecule has 1 atom stereocenters. The normalized spacial score (nSPS) is 18.5. The summed E-state index contributed by atoms with van der Waals surface area (Å²) < 4.78 is 66.0. The van der Waals surface area contributed by atoms with E-state index in [1.807, 2.05) is 20.8 Å². The van der Waals surface area contributed by atoms with Gasteiger partial charge in [0, 0.05) is 25.0 Å². The van der Waals surface area contributed by atoms with Crippen molar-refractivity contribution in [1.29, 1.82) is 0 Å². The van der Waals surface area contributed by atoms with Gasteiger partial charge in [0.2, 0.25) is 15.9 Å². The smallest absolute Gasteiger partial charge is 0.353 e. The summed E-state index contributed by atoms with van der Waals surface area (Å²) in [6.07, 6.45) is -4.19. The van der Waals surface area contributed by atoms with Crippen molar-refractivity contribution in [3.63, 3.8) is 0 Å². The number of nitrogens with one attached hydrogen (secondary N) is 1. The van der Waals surface area contributed by atoms with Gasteiger partial charge in [-0.25, -0.2) is 8.42 Å². The Morgan fingerprint density at radius 3 is 2.22 bits per heavy atom. The predicted octanol–water partition coefficient (Wildman–Crippen LogP) is 3.27. The molecule has 5 nitrogen and oxygen atoms in total. The Morgan fingerprint density at radius 2 is 1.70 bits per heavy atom. The van der Waals surface area contributed by atoms with Gasteiger partial charge >= 0.3 is 6.18 Å². The highest BCUT2D eigenvalue weighted by molar-refractivity contribution is 7.89. The Labute approximate surface area is 158 Å². The number of rotatable bonds is 5. The minimum atomic E-state index is -4.76. The molecule has 1 aromatic rings. The molecule has 1 fully saturated rings. The zero-order valence-electron chi connectivity index (χ0n) is 15.6. The lowest BCUT2D eigenvalue weighted by atomic mass is 9.96. The molecule has 1 unspecified atom stereocenters. The third kappa shape index (κ3) is 5.01. The third-order valence-electron chi connectivity index (χ3n) is 5.00. The number of piperidine rings is 1. The predicted molar refractivity (Wildman–Crippen MR) is 95.4 cm³/mol. The molecule has 0 aliphatic carbocycles. The number of hydrogen-bond donors (Lipinski definition) is 1. The van der Waals surface area contributed by atoms with Gasteiger partial charge in [-0.15, -0.1) is 0 Å². The van der Waals surface area contributed by atoms with E-state index in [9.17, 15) is 26.4 Å². The van der Waals surface area contributed by atoms with Crippen molar-refractivity contribution in [3.05, 3.63) is 29.8 Å². The number of sulfonamides is 1. The van der Waals surface area contributed by atoms with Crippen molar-refractivity contribution < 1.29 is 26.4 Å². The van der Waals surface area contributed by atoms with E-state index in [2.05, 4.69) is 5.32 Å². The van der Waals surface area contributed by atoms with Crippen LogP contribution in [0.5, 0.6) is 0 Å². The molecule has 1 amide bonds. The Morgan fingerprint density at radius 1 is 1.15 bits per heavy atom. The minimum absolute atomic E-state index is 0.00192. The first kappa shape index (κ1) is 21.7. The first-order chi connectivity index (χ1) is 12.4. The topological polar surface area (TPSA) is 66.5 Å². The molecule has 0 bridgehead atoms. The average molecular weight is 406 g/mol. The number of benzene rings is 1. The zero-order valence-corrected chi connectivity index (χ0v) is 16.4. The van der Waals surface area contributed by atoms with Crippen LogP contribution < -0.4 is 5.32 Å². The van der Waals surface area contributed by atoms with Crippen molar-refractivity contribution in [3.8, 4) is 0 Å². The summed E-state index contributed by atoms with van der Waals surface area (Å²) in [4.78, 5) is 11.6. The second kappa shape index (κ2) is 8.18. The van der Waals surface area contributed by atoms with Crippen molar-refractivity contribution in [2.45, 2.75) is 50.7 Å². The largest absolute Gasteiger partial charge is 0.417 e. The van der Waals surface area contributed by atoms with Crippen molar-refractivity contribution in [2.75, 3.05) is 13.1 Å². The molecule has 27 heavy (non-hydrogen) atoms. The van der Waals surface area contributed by atoms with Gasteiger partial charge in [0.05, 0.1) is 10.5 Å². The highest BCUT2D eigenvalue weighted by Crippen LogP contribution is 2.36. The number of carbonyl (C=O) groups excluding carboxylic acids is 1. The van der Waals surface area contributed by atoms with Crippen LogP contribution >= 0.6 is 0 Å². The fourth-order valence-corrected chi connectivity index (χ4v) is 4.61. The van der Waals surface area contributed by atoms with E-state index in [1.165, 1.54) is 6.07 Å². The minimum Gasteiger partial charge on any atom is -0.353 e. The molecule has 2 rings (SSSR count). The van der Waals surface area contributed by atoms with Crippen molar-refractivity contribution >= 4 is 15.9 Å². The Hall–Kier alpha value is -1.61. The number of alkyl halides is 3. The SMILES string of the molecule is CC(C)C(C)NC(=O)C1CCN(S(=O)(=O)c2ccccc2C(F)(F)F)CC1. The van der Waals surface area contributed by atoms with Crippen LogP contribution in [0.25, 0.3) is 0 Å². The average Bonchev–Trinajstić information content (AvgIpc) is 2.61. The van der Waals surface area contributed by atoms with Crippen LogP contribution in [0.2, 0.25) is 0 Å². The van der Waals surface area contributed by atoms with E-state index in [-0.39, 0.29) is 49.7 Å². The fraction of sp³-hybridized carbons (Fsp3) is 0.611.